The molecule has 0 bridgehead atoms. The lowest BCUT2D eigenvalue weighted by molar-refractivity contribution is -0.127. The molecule has 0 atom stereocenters. The highest BCUT2D eigenvalue weighted by molar-refractivity contribution is 7.92. The number of rotatable bonds is 5. The quantitative estimate of drug-likeness (QED) is 0.739. The van der Waals surface area contributed by atoms with Gasteiger partial charge in [-0.2, -0.15) is 0 Å². The van der Waals surface area contributed by atoms with Crippen LogP contribution in [-0.2, 0) is 14.8 Å². The molecule has 0 saturated heterocycles. The van der Waals surface area contributed by atoms with Crippen LogP contribution in [0, 0.1) is 5.41 Å². The molecule has 0 fully saturated rings. The van der Waals surface area contributed by atoms with Crippen molar-refractivity contribution in [1.29, 1.82) is 0 Å². The van der Waals surface area contributed by atoms with Crippen LogP contribution < -0.4 is 14.4 Å². The number of carbonyl (C=O) groups is 1. The molecule has 8 heteroatoms. The van der Waals surface area contributed by atoms with Gasteiger partial charge in [0, 0.05) is 11.6 Å². The van der Waals surface area contributed by atoms with E-state index in [4.69, 9.17) is 16.3 Å². The van der Waals surface area contributed by atoms with Crippen LogP contribution in [0.3, 0.4) is 0 Å². The fraction of sp³-hybridized carbons (Fsp3) is 0.250. The topological polar surface area (TPSA) is 75.7 Å². The van der Waals surface area contributed by atoms with Gasteiger partial charge >= 0.3 is 0 Å². The second-order valence-electron chi connectivity index (χ2n) is 7.12. The summed E-state index contributed by atoms with van der Waals surface area (Å²) in [5.74, 6) is 0.388. The van der Waals surface area contributed by atoms with Crippen molar-refractivity contribution in [2.24, 2.45) is 5.41 Å². The third-order valence-electron chi connectivity index (χ3n) is 4.35. The van der Waals surface area contributed by atoms with E-state index in [1.54, 1.807) is 29.2 Å². The molecule has 0 radical (unpaired) electrons. The zero-order chi connectivity index (χ0) is 20.5. The molecule has 6 nitrogen and oxygen atoms in total. The average Bonchev–Trinajstić information content (AvgIpc) is 2.72. The summed E-state index contributed by atoms with van der Waals surface area (Å²) >= 11 is 5.82. The lowest BCUT2D eigenvalue weighted by atomic mass is 9.93. The first kappa shape index (κ1) is 20.2. The zero-order valence-corrected chi connectivity index (χ0v) is 17.2. The van der Waals surface area contributed by atoms with E-state index in [1.807, 2.05) is 13.8 Å². The van der Waals surface area contributed by atoms with Gasteiger partial charge in [-0.1, -0.05) is 17.7 Å². The minimum Gasteiger partial charge on any atom is -0.490 e. The van der Waals surface area contributed by atoms with Crippen LogP contribution in [0.4, 0.5) is 11.4 Å². The van der Waals surface area contributed by atoms with E-state index in [-0.39, 0.29) is 24.0 Å². The Balaban J connectivity index is 1.98. The van der Waals surface area contributed by atoms with Crippen molar-refractivity contribution in [3.8, 4) is 5.75 Å². The SMILES string of the molecule is C=CCN1C(=O)C(C)(C)COc2ccc(NS(=O)(=O)c3ccc(Cl)cc3)cc21. The van der Waals surface area contributed by atoms with Gasteiger partial charge in [-0.25, -0.2) is 8.42 Å². The molecule has 1 amide bonds. The maximum atomic E-state index is 12.9. The van der Waals surface area contributed by atoms with Gasteiger partial charge in [0.05, 0.1) is 21.7 Å². The molecule has 0 aromatic heterocycles. The number of nitrogens with zero attached hydrogens (tertiary/aromatic N) is 1. The molecule has 2 aromatic carbocycles. The van der Waals surface area contributed by atoms with E-state index in [0.29, 0.717) is 22.1 Å². The molecule has 28 heavy (non-hydrogen) atoms. The van der Waals surface area contributed by atoms with Crippen LogP contribution in [0.1, 0.15) is 13.8 Å². The predicted octanol–water partition coefficient (Wildman–Crippen LogP) is 4.08. The van der Waals surface area contributed by atoms with Gasteiger partial charge in [-0.3, -0.25) is 9.52 Å². The number of halogens is 1. The molecule has 0 spiro atoms. The van der Waals surface area contributed by atoms with E-state index < -0.39 is 15.4 Å². The highest BCUT2D eigenvalue weighted by Crippen LogP contribution is 2.38. The number of benzene rings is 2. The minimum atomic E-state index is -3.80. The van der Waals surface area contributed by atoms with E-state index in [2.05, 4.69) is 11.3 Å². The number of hydrogen-bond acceptors (Lipinski definition) is 4. The number of anilines is 2. The van der Waals surface area contributed by atoms with Gasteiger partial charge in [0.25, 0.3) is 10.0 Å². The Morgan fingerprint density at radius 1 is 1.25 bits per heavy atom. The van der Waals surface area contributed by atoms with Crippen molar-refractivity contribution >= 4 is 38.9 Å². The van der Waals surface area contributed by atoms with E-state index in [1.165, 1.54) is 24.3 Å². The normalized spacial score (nSPS) is 16.0. The number of sulfonamides is 1. The summed E-state index contributed by atoms with van der Waals surface area (Å²) in [5.41, 5.74) is 0.0935. The number of carbonyl (C=O) groups excluding carboxylic acids is 1. The second-order valence-corrected chi connectivity index (χ2v) is 9.24. The van der Waals surface area contributed by atoms with Crippen LogP contribution in [0.25, 0.3) is 0 Å². The molecular weight excluding hydrogens is 400 g/mol. The van der Waals surface area contributed by atoms with E-state index in [0.717, 1.165) is 0 Å². The molecule has 1 aliphatic rings. The largest absolute Gasteiger partial charge is 0.490 e. The summed E-state index contributed by atoms with van der Waals surface area (Å²) in [6.07, 6.45) is 1.62. The molecule has 2 aromatic rings. The van der Waals surface area contributed by atoms with Crippen molar-refractivity contribution in [3.05, 3.63) is 60.1 Å². The Labute approximate surface area is 169 Å². The molecule has 0 aliphatic carbocycles. The number of fused-ring (bicyclic) bond motifs is 1. The van der Waals surface area contributed by atoms with Crippen molar-refractivity contribution in [2.75, 3.05) is 22.8 Å². The third-order valence-corrected chi connectivity index (χ3v) is 6.00. The molecule has 1 aliphatic heterocycles. The average molecular weight is 421 g/mol. The maximum absolute atomic E-state index is 12.9. The molecular formula is C20H21ClN2O4S. The second kappa shape index (κ2) is 7.48. The number of ether oxygens (including phenoxy) is 1. The van der Waals surface area contributed by atoms with Gasteiger partial charge < -0.3 is 9.64 Å². The standard InChI is InChI=1S/C20H21ClN2O4S/c1-4-11-23-17-12-15(7-10-18(17)27-13-20(2,3)19(23)24)22-28(25,26)16-8-5-14(21)6-9-16/h4-10,12,22H,1,11,13H2,2-3H3. The summed E-state index contributed by atoms with van der Waals surface area (Å²) in [4.78, 5) is 14.6. The fourth-order valence-electron chi connectivity index (χ4n) is 2.85. The Hall–Kier alpha value is -2.51. The number of hydrogen-bond donors (Lipinski definition) is 1. The van der Waals surface area contributed by atoms with Crippen molar-refractivity contribution in [3.63, 3.8) is 0 Å². The van der Waals surface area contributed by atoms with Gasteiger partial charge in [-0.15, -0.1) is 6.58 Å². The lowest BCUT2D eigenvalue weighted by Gasteiger charge is -2.27. The summed E-state index contributed by atoms with van der Waals surface area (Å²) in [5, 5.41) is 0.447. The fourth-order valence-corrected chi connectivity index (χ4v) is 4.02. The highest BCUT2D eigenvalue weighted by Gasteiger charge is 2.37. The monoisotopic (exact) mass is 420 g/mol. The smallest absolute Gasteiger partial charge is 0.261 e. The van der Waals surface area contributed by atoms with Gasteiger partial charge in [0.1, 0.15) is 12.4 Å². The third kappa shape index (κ3) is 4.00. The van der Waals surface area contributed by atoms with Crippen LogP contribution in [0.2, 0.25) is 5.02 Å². The Morgan fingerprint density at radius 3 is 2.57 bits per heavy atom. The van der Waals surface area contributed by atoms with Gasteiger partial charge in [-0.05, 0) is 56.3 Å². The first-order valence-corrected chi connectivity index (χ1v) is 10.5. The summed E-state index contributed by atoms with van der Waals surface area (Å²) in [7, 11) is -3.80. The van der Waals surface area contributed by atoms with E-state index >= 15 is 0 Å². The van der Waals surface area contributed by atoms with E-state index in [9.17, 15) is 13.2 Å². The Kier molecular flexibility index (Phi) is 5.41. The molecule has 148 valence electrons. The van der Waals surface area contributed by atoms with Crippen LogP contribution in [0.5, 0.6) is 5.75 Å². The first-order valence-electron chi connectivity index (χ1n) is 8.62. The van der Waals surface area contributed by atoms with Gasteiger partial charge in [0.2, 0.25) is 5.91 Å². The van der Waals surface area contributed by atoms with Crippen LogP contribution in [0.15, 0.2) is 60.0 Å². The minimum absolute atomic E-state index is 0.0863. The predicted molar refractivity (Wildman–Crippen MR) is 111 cm³/mol. The van der Waals surface area contributed by atoms with Crippen molar-refractivity contribution in [1.82, 2.24) is 0 Å². The highest BCUT2D eigenvalue weighted by atomic mass is 35.5. The van der Waals surface area contributed by atoms with Crippen molar-refractivity contribution in [2.45, 2.75) is 18.7 Å². The van der Waals surface area contributed by atoms with Crippen molar-refractivity contribution < 1.29 is 17.9 Å². The van der Waals surface area contributed by atoms with Gasteiger partial charge in [0.15, 0.2) is 0 Å². The summed E-state index contributed by atoms with van der Waals surface area (Å²) < 4.78 is 33.6. The lowest BCUT2D eigenvalue weighted by Crippen LogP contribution is -2.42. The maximum Gasteiger partial charge on any atom is 0.261 e. The Bertz CT molecular complexity index is 1020. The summed E-state index contributed by atoms with van der Waals surface area (Å²) in [6, 6.07) is 10.7. The molecule has 1 N–H and O–H groups in total. The molecule has 0 saturated carbocycles. The molecule has 1 heterocycles. The summed E-state index contributed by atoms with van der Waals surface area (Å²) in [6.45, 7) is 7.83. The first-order chi connectivity index (χ1) is 13.1. The number of nitrogens with one attached hydrogen (secondary N) is 1. The number of amides is 1. The zero-order valence-electron chi connectivity index (χ0n) is 15.6. The van der Waals surface area contributed by atoms with Crippen LogP contribution in [-0.4, -0.2) is 27.5 Å². The molecule has 3 rings (SSSR count). The molecule has 0 unspecified atom stereocenters. The Morgan fingerprint density at radius 2 is 1.93 bits per heavy atom. The van der Waals surface area contributed by atoms with Crippen LogP contribution >= 0.6 is 11.6 Å².